The number of hydrogen-bond donors (Lipinski definition) is 0. The van der Waals surface area contributed by atoms with Crippen LogP contribution in [0.5, 0.6) is 0 Å². The fraction of sp³-hybridized carbons (Fsp3) is 0.125. The van der Waals surface area contributed by atoms with Crippen LogP contribution in [0, 0.1) is 6.92 Å². The first-order valence-electron chi connectivity index (χ1n) is 6.36. The molecule has 3 rings (SSSR count). The molecule has 0 radical (unpaired) electrons. The van der Waals surface area contributed by atoms with Crippen molar-refractivity contribution in [2.45, 2.75) is 6.92 Å². The molecule has 1 aromatic heterocycles. The lowest BCUT2D eigenvalue weighted by Crippen LogP contribution is -1.82. The third-order valence-corrected chi connectivity index (χ3v) is 3.73. The number of rotatable bonds is 2. The van der Waals surface area contributed by atoms with Gasteiger partial charge in [0.2, 0.25) is 0 Å². The molecule has 0 fully saturated rings. The first kappa shape index (κ1) is 13.1. The number of hydrogen-bond acceptors (Lipinski definition) is 2. The average Bonchev–Trinajstić information content (AvgIpc) is 2.74. The summed E-state index contributed by atoms with van der Waals surface area (Å²) in [7, 11) is 2.02. The highest BCUT2D eigenvalue weighted by molar-refractivity contribution is 9.10. The molecule has 0 saturated heterocycles. The van der Waals surface area contributed by atoms with Crippen molar-refractivity contribution < 1.29 is 0 Å². The van der Waals surface area contributed by atoms with E-state index in [1.54, 1.807) is 0 Å². The van der Waals surface area contributed by atoms with E-state index < -0.39 is 0 Å². The second-order valence-corrected chi connectivity index (χ2v) is 5.74. The molecule has 0 N–H and O–H groups in total. The molecule has 0 aliphatic carbocycles. The SMILES string of the molecule is Cc1ccc(/N=N/c2cn(C)c3ccc(Br)cc23)cc1. The van der Waals surface area contributed by atoms with Gasteiger partial charge in [-0.3, -0.25) is 0 Å². The molecule has 0 saturated carbocycles. The molecule has 3 aromatic rings. The van der Waals surface area contributed by atoms with Crippen molar-refractivity contribution in [2.75, 3.05) is 0 Å². The minimum Gasteiger partial charge on any atom is -0.348 e. The van der Waals surface area contributed by atoms with Crippen LogP contribution in [0.2, 0.25) is 0 Å². The third kappa shape index (κ3) is 2.51. The lowest BCUT2D eigenvalue weighted by Gasteiger charge is -1.95. The summed E-state index contributed by atoms with van der Waals surface area (Å²) >= 11 is 3.50. The van der Waals surface area contributed by atoms with Crippen LogP contribution in [0.1, 0.15) is 5.56 Å². The second kappa shape index (κ2) is 5.21. The van der Waals surface area contributed by atoms with E-state index >= 15 is 0 Å². The number of fused-ring (bicyclic) bond motifs is 1. The predicted octanol–water partition coefficient (Wildman–Crippen LogP) is 5.66. The standard InChI is InChI=1S/C16H14BrN3/c1-11-3-6-13(7-4-11)18-19-15-10-20(2)16-8-5-12(17)9-14(15)16/h3-10H,1-2H3/b19-18+. The topological polar surface area (TPSA) is 29.6 Å². The zero-order valence-corrected chi connectivity index (χ0v) is 12.9. The molecule has 0 bridgehead atoms. The van der Waals surface area contributed by atoms with Crippen molar-refractivity contribution in [1.29, 1.82) is 0 Å². The van der Waals surface area contributed by atoms with E-state index in [4.69, 9.17) is 0 Å². The summed E-state index contributed by atoms with van der Waals surface area (Å²) < 4.78 is 3.11. The van der Waals surface area contributed by atoms with E-state index in [2.05, 4.69) is 49.8 Å². The molecule has 0 aliphatic rings. The maximum Gasteiger partial charge on any atom is 0.111 e. The van der Waals surface area contributed by atoms with Crippen molar-refractivity contribution in [3.63, 3.8) is 0 Å². The van der Waals surface area contributed by atoms with Gasteiger partial charge >= 0.3 is 0 Å². The lowest BCUT2D eigenvalue weighted by molar-refractivity contribution is 0.966. The Morgan fingerprint density at radius 2 is 1.75 bits per heavy atom. The molecule has 0 unspecified atom stereocenters. The summed E-state index contributed by atoms with van der Waals surface area (Å²) in [6.45, 7) is 2.06. The van der Waals surface area contributed by atoms with Crippen LogP contribution in [0.15, 0.2) is 63.4 Å². The summed E-state index contributed by atoms with van der Waals surface area (Å²) in [4.78, 5) is 0. The highest BCUT2D eigenvalue weighted by Gasteiger charge is 2.06. The van der Waals surface area contributed by atoms with Gasteiger partial charge in [-0.15, -0.1) is 5.11 Å². The summed E-state index contributed by atoms with van der Waals surface area (Å²) in [6, 6.07) is 14.2. The zero-order valence-electron chi connectivity index (χ0n) is 11.3. The van der Waals surface area contributed by atoms with E-state index in [1.807, 2.05) is 43.6 Å². The molecule has 0 spiro atoms. The van der Waals surface area contributed by atoms with Crippen molar-refractivity contribution in [3.8, 4) is 0 Å². The van der Waals surface area contributed by atoms with E-state index in [0.29, 0.717) is 0 Å². The Morgan fingerprint density at radius 1 is 1.00 bits per heavy atom. The fourth-order valence-electron chi connectivity index (χ4n) is 2.15. The molecule has 0 amide bonds. The van der Waals surface area contributed by atoms with Gasteiger partial charge in [-0.05, 0) is 37.3 Å². The van der Waals surface area contributed by atoms with E-state index in [9.17, 15) is 0 Å². The van der Waals surface area contributed by atoms with Gasteiger partial charge in [0, 0.05) is 23.1 Å². The van der Waals surface area contributed by atoms with Gasteiger partial charge in [0.25, 0.3) is 0 Å². The van der Waals surface area contributed by atoms with Gasteiger partial charge in [-0.2, -0.15) is 5.11 Å². The van der Waals surface area contributed by atoms with Gasteiger partial charge in [0.05, 0.1) is 11.2 Å². The van der Waals surface area contributed by atoms with Crippen molar-refractivity contribution in [2.24, 2.45) is 17.3 Å². The number of azo groups is 1. The molecule has 100 valence electrons. The smallest absolute Gasteiger partial charge is 0.111 e. The van der Waals surface area contributed by atoms with Crippen LogP contribution >= 0.6 is 15.9 Å². The normalized spacial score (nSPS) is 11.6. The summed E-state index contributed by atoms with van der Waals surface area (Å²) in [5.74, 6) is 0. The van der Waals surface area contributed by atoms with Gasteiger partial charge in [0.1, 0.15) is 5.69 Å². The Bertz CT molecular complexity index is 785. The Morgan fingerprint density at radius 3 is 2.50 bits per heavy atom. The van der Waals surface area contributed by atoms with Crippen LogP contribution in [-0.4, -0.2) is 4.57 Å². The van der Waals surface area contributed by atoms with Crippen LogP contribution in [0.4, 0.5) is 11.4 Å². The highest BCUT2D eigenvalue weighted by atomic mass is 79.9. The van der Waals surface area contributed by atoms with E-state index in [0.717, 1.165) is 26.8 Å². The van der Waals surface area contributed by atoms with Gasteiger partial charge in [-0.25, -0.2) is 0 Å². The number of aryl methyl sites for hydroxylation is 2. The van der Waals surface area contributed by atoms with E-state index in [1.165, 1.54) is 5.56 Å². The number of aromatic nitrogens is 1. The minimum absolute atomic E-state index is 0.864. The summed E-state index contributed by atoms with van der Waals surface area (Å²) in [5, 5.41) is 9.78. The lowest BCUT2D eigenvalue weighted by atomic mass is 10.2. The number of halogens is 1. The Hall–Kier alpha value is -1.94. The largest absolute Gasteiger partial charge is 0.348 e. The second-order valence-electron chi connectivity index (χ2n) is 4.82. The molecule has 1 heterocycles. The molecular formula is C16H14BrN3. The van der Waals surface area contributed by atoms with Crippen LogP contribution < -0.4 is 0 Å². The number of benzene rings is 2. The average molecular weight is 328 g/mol. The Labute approximate surface area is 126 Å². The minimum atomic E-state index is 0.864. The summed E-state index contributed by atoms with van der Waals surface area (Å²) in [6.07, 6.45) is 1.99. The van der Waals surface area contributed by atoms with E-state index in [-0.39, 0.29) is 0 Å². The molecule has 0 aliphatic heterocycles. The highest BCUT2D eigenvalue weighted by Crippen LogP contribution is 2.31. The Balaban J connectivity index is 2.02. The van der Waals surface area contributed by atoms with Crippen LogP contribution in [0.3, 0.4) is 0 Å². The van der Waals surface area contributed by atoms with Gasteiger partial charge in [0.15, 0.2) is 0 Å². The molecule has 2 aromatic carbocycles. The van der Waals surface area contributed by atoms with Crippen molar-refractivity contribution in [3.05, 3.63) is 58.7 Å². The van der Waals surface area contributed by atoms with Crippen LogP contribution in [0.25, 0.3) is 10.9 Å². The molecule has 4 heteroatoms. The summed E-state index contributed by atoms with van der Waals surface area (Å²) in [5.41, 5.74) is 4.11. The number of nitrogens with zero attached hydrogens (tertiary/aromatic N) is 3. The van der Waals surface area contributed by atoms with Gasteiger partial charge in [-0.1, -0.05) is 33.6 Å². The van der Waals surface area contributed by atoms with Crippen molar-refractivity contribution >= 4 is 38.2 Å². The monoisotopic (exact) mass is 327 g/mol. The molecule has 0 atom stereocenters. The van der Waals surface area contributed by atoms with Crippen LogP contribution in [-0.2, 0) is 7.05 Å². The predicted molar refractivity (Wildman–Crippen MR) is 86.0 cm³/mol. The maximum atomic E-state index is 4.38. The fourth-order valence-corrected chi connectivity index (χ4v) is 2.51. The zero-order chi connectivity index (χ0) is 14.1. The molecule has 3 nitrogen and oxygen atoms in total. The molecular weight excluding hydrogens is 314 g/mol. The van der Waals surface area contributed by atoms with Gasteiger partial charge < -0.3 is 4.57 Å². The Kier molecular flexibility index (Phi) is 3.40. The first-order valence-corrected chi connectivity index (χ1v) is 7.16. The molecule has 20 heavy (non-hydrogen) atoms. The third-order valence-electron chi connectivity index (χ3n) is 3.24. The van der Waals surface area contributed by atoms with Crippen molar-refractivity contribution in [1.82, 2.24) is 4.57 Å². The first-order chi connectivity index (χ1) is 9.63. The maximum absolute atomic E-state index is 4.38. The quantitative estimate of drug-likeness (QED) is 0.543.